The van der Waals surface area contributed by atoms with Gasteiger partial charge in [0, 0.05) is 6.20 Å². The van der Waals surface area contributed by atoms with Gasteiger partial charge >= 0.3 is 11.9 Å². The summed E-state index contributed by atoms with van der Waals surface area (Å²) in [5, 5.41) is 1.39. The summed E-state index contributed by atoms with van der Waals surface area (Å²) in [7, 11) is 2.46. The molecule has 2 aromatic rings. The fourth-order valence-corrected chi connectivity index (χ4v) is 2.76. The van der Waals surface area contributed by atoms with Crippen LogP contribution < -0.4 is 10.4 Å². The number of amides is 1. The monoisotopic (exact) mass is 402 g/mol. The summed E-state index contributed by atoms with van der Waals surface area (Å²) in [5.41, 5.74) is 3.76. The molecular formula is C18H15ClN4O5. The smallest absolute Gasteiger partial charge is 0.337 e. The van der Waals surface area contributed by atoms with E-state index in [0.29, 0.717) is 11.5 Å². The average Bonchev–Trinajstić information content (AvgIpc) is 3.06. The molecule has 1 saturated heterocycles. The van der Waals surface area contributed by atoms with Gasteiger partial charge in [-0.1, -0.05) is 11.6 Å². The third-order valence-corrected chi connectivity index (χ3v) is 4.10. The molecule has 144 valence electrons. The summed E-state index contributed by atoms with van der Waals surface area (Å²) < 4.78 is 9.39. The second kappa shape index (κ2) is 8.05. The van der Waals surface area contributed by atoms with Crippen LogP contribution in [0.2, 0.25) is 5.15 Å². The van der Waals surface area contributed by atoms with E-state index in [-0.39, 0.29) is 34.3 Å². The number of hydrogen-bond acceptors (Lipinski definition) is 7. The first kappa shape index (κ1) is 19.3. The number of nitrogens with one attached hydrogen (secondary N) is 1. The van der Waals surface area contributed by atoms with Crippen LogP contribution >= 0.6 is 11.6 Å². The number of hydrazine groups is 1. The molecule has 10 heteroatoms. The number of anilines is 1. The molecule has 1 aromatic carbocycles. The maximum Gasteiger partial charge on any atom is 0.337 e. The number of amidine groups is 1. The number of carbonyl (C=O) groups is 3. The minimum atomic E-state index is -0.633. The van der Waals surface area contributed by atoms with E-state index in [2.05, 4.69) is 15.4 Å². The molecule has 0 radical (unpaired) electrons. The molecule has 0 atom stereocenters. The Labute approximate surface area is 164 Å². The number of ether oxygens (including phenoxy) is 2. The van der Waals surface area contributed by atoms with E-state index in [1.54, 1.807) is 12.1 Å². The molecule has 0 bridgehead atoms. The number of pyridine rings is 1. The Bertz CT molecular complexity index is 957. The second-order valence-electron chi connectivity index (χ2n) is 5.64. The number of nitrogens with zero attached hydrogens (tertiary/aromatic N) is 3. The van der Waals surface area contributed by atoms with Gasteiger partial charge in [0.05, 0.1) is 37.5 Å². The molecule has 0 aliphatic carbocycles. The summed E-state index contributed by atoms with van der Waals surface area (Å²) in [5.74, 6) is -1.24. The van der Waals surface area contributed by atoms with Gasteiger partial charge in [-0.15, -0.1) is 0 Å². The molecule has 28 heavy (non-hydrogen) atoms. The zero-order valence-corrected chi connectivity index (χ0v) is 15.7. The van der Waals surface area contributed by atoms with E-state index in [1.807, 2.05) is 0 Å². The molecule has 1 aliphatic rings. The van der Waals surface area contributed by atoms with Gasteiger partial charge in [-0.25, -0.2) is 24.6 Å². The molecular weight excluding hydrogens is 388 g/mol. The van der Waals surface area contributed by atoms with Crippen LogP contribution in [0.25, 0.3) is 0 Å². The van der Waals surface area contributed by atoms with Crippen LogP contribution in [0.3, 0.4) is 0 Å². The summed E-state index contributed by atoms with van der Waals surface area (Å²) in [6.45, 7) is 0. The second-order valence-corrected chi connectivity index (χ2v) is 6.00. The van der Waals surface area contributed by atoms with Crippen molar-refractivity contribution in [2.24, 2.45) is 4.99 Å². The number of hydrogen-bond donors (Lipinski definition) is 1. The molecule has 1 aromatic heterocycles. The normalized spacial score (nSPS) is 14.8. The van der Waals surface area contributed by atoms with E-state index in [0.717, 1.165) is 0 Å². The van der Waals surface area contributed by atoms with Crippen LogP contribution in [-0.4, -0.2) is 42.9 Å². The summed E-state index contributed by atoms with van der Waals surface area (Å²) in [4.78, 5) is 44.3. The van der Waals surface area contributed by atoms with Gasteiger partial charge in [-0.05, 0) is 30.3 Å². The Balaban J connectivity index is 1.95. The topological polar surface area (TPSA) is 110 Å². The van der Waals surface area contributed by atoms with Gasteiger partial charge in [-0.3, -0.25) is 10.2 Å². The highest BCUT2D eigenvalue weighted by Gasteiger charge is 2.28. The molecule has 2 heterocycles. The number of carbonyl (C=O) groups excluding carboxylic acids is 3. The molecule has 9 nitrogen and oxygen atoms in total. The Morgan fingerprint density at radius 3 is 2.39 bits per heavy atom. The van der Waals surface area contributed by atoms with Gasteiger partial charge in [0.25, 0.3) is 5.91 Å². The van der Waals surface area contributed by atoms with Crippen molar-refractivity contribution >= 4 is 46.7 Å². The Hall–Kier alpha value is -3.46. The number of benzene rings is 1. The molecule has 0 saturated carbocycles. The predicted octanol–water partition coefficient (Wildman–Crippen LogP) is 2.28. The Morgan fingerprint density at radius 2 is 1.82 bits per heavy atom. The number of methoxy groups -OCH3 is 2. The number of aromatic nitrogens is 1. The van der Waals surface area contributed by atoms with Crippen molar-refractivity contribution in [1.29, 1.82) is 0 Å². The molecule has 1 aliphatic heterocycles. The number of rotatable bonds is 4. The van der Waals surface area contributed by atoms with Crippen LogP contribution in [0.4, 0.5) is 11.4 Å². The lowest BCUT2D eigenvalue weighted by molar-refractivity contribution is -0.116. The predicted molar refractivity (Wildman–Crippen MR) is 101 cm³/mol. The van der Waals surface area contributed by atoms with E-state index in [4.69, 9.17) is 21.1 Å². The van der Waals surface area contributed by atoms with Gasteiger partial charge < -0.3 is 9.47 Å². The minimum Gasteiger partial charge on any atom is -0.465 e. The van der Waals surface area contributed by atoms with Gasteiger partial charge in [0.2, 0.25) is 0 Å². The molecule has 3 rings (SSSR count). The Kier molecular flexibility index (Phi) is 5.55. The van der Waals surface area contributed by atoms with Crippen LogP contribution in [0, 0.1) is 0 Å². The summed E-state index contributed by atoms with van der Waals surface area (Å²) in [6.07, 6.45) is 1.48. The van der Waals surface area contributed by atoms with Crippen molar-refractivity contribution in [3.63, 3.8) is 0 Å². The third kappa shape index (κ3) is 3.94. The van der Waals surface area contributed by atoms with Gasteiger partial charge in [0.15, 0.2) is 5.15 Å². The maximum absolute atomic E-state index is 12.3. The highest BCUT2D eigenvalue weighted by Crippen LogP contribution is 2.26. The highest BCUT2D eigenvalue weighted by atomic mass is 35.5. The van der Waals surface area contributed by atoms with Gasteiger partial charge in [0.1, 0.15) is 11.5 Å². The minimum absolute atomic E-state index is 0.0266. The largest absolute Gasteiger partial charge is 0.465 e. The van der Waals surface area contributed by atoms with E-state index in [1.165, 1.54) is 43.6 Å². The highest BCUT2D eigenvalue weighted by molar-refractivity contribution is 6.33. The Morgan fingerprint density at radius 1 is 1.18 bits per heavy atom. The molecule has 1 fully saturated rings. The van der Waals surface area contributed by atoms with Crippen molar-refractivity contribution in [1.82, 2.24) is 10.4 Å². The van der Waals surface area contributed by atoms with Crippen LogP contribution in [-0.2, 0) is 14.3 Å². The van der Waals surface area contributed by atoms with Crippen molar-refractivity contribution < 1.29 is 23.9 Å². The zero-order chi connectivity index (χ0) is 20.3. The maximum atomic E-state index is 12.3. The molecule has 0 spiro atoms. The molecule has 0 unspecified atom stereocenters. The van der Waals surface area contributed by atoms with E-state index >= 15 is 0 Å². The quantitative estimate of drug-likeness (QED) is 0.617. The fourth-order valence-electron chi connectivity index (χ4n) is 2.56. The first-order valence-electron chi connectivity index (χ1n) is 8.02. The SMILES string of the molecule is COC(=O)c1cc(N=C2CC(=O)N(c3cccnc3Cl)N2)cc(C(=O)OC)c1. The van der Waals surface area contributed by atoms with Crippen molar-refractivity contribution in [3.05, 3.63) is 52.8 Å². The average molecular weight is 403 g/mol. The van der Waals surface area contributed by atoms with Crippen LogP contribution in [0.15, 0.2) is 41.5 Å². The lowest BCUT2D eigenvalue weighted by Gasteiger charge is -2.16. The van der Waals surface area contributed by atoms with Crippen molar-refractivity contribution in [2.75, 3.05) is 19.2 Å². The lowest BCUT2D eigenvalue weighted by Crippen LogP contribution is -2.36. The van der Waals surface area contributed by atoms with Crippen molar-refractivity contribution in [3.8, 4) is 0 Å². The fraction of sp³-hybridized carbons (Fsp3) is 0.167. The molecule has 1 amide bonds. The number of esters is 2. The third-order valence-electron chi connectivity index (χ3n) is 3.81. The summed E-state index contributed by atoms with van der Waals surface area (Å²) in [6, 6.07) is 7.51. The summed E-state index contributed by atoms with van der Waals surface area (Å²) >= 11 is 6.03. The zero-order valence-electron chi connectivity index (χ0n) is 14.9. The number of halogens is 1. The van der Waals surface area contributed by atoms with Gasteiger partial charge in [-0.2, -0.15) is 0 Å². The standard InChI is InChI=1S/C18H15ClN4O5/c1-27-17(25)10-6-11(18(26)28-2)8-12(7-10)21-14-9-15(24)23(22-14)13-4-3-5-20-16(13)19/h3-8H,9H2,1-2H3,(H,21,22). The van der Waals surface area contributed by atoms with E-state index < -0.39 is 11.9 Å². The van der Waals surface area contributed by atoms with E-state index in [9.17, 15) is 14.4 Å². The first-order valence-corrected chi connectivity index (χ1v) is 8.40. The first-order chi connectivity index (χ1) is 13.4. The van der Waals surface area contributed by atoms with Crippen molar-refractivity contribution in [2.45, 2.75) is 6.42 Å². The van der Waals surface area contributed by atoms with Crippen LogP contribution in [0.5, 0.6) is 0 Å². The van der Waals surface area contributed by atoms with Crippen LogP contribution in [0.1, 0.15) is 27.1 Å². The lowest BCUT2D eigenvalue weighted by atomic mass is 10.1. The number of aliphatic imine (C=N–C) groups is 1. The molecule has 1 N–H and O–H groups in total.